The monoisotopic (exact) mass is 375 g/mol. The van der Waals surface area contributed by atoms with Crippen LogP contribution in [0.15, 0.2) is 77.8 Å². The highest BCUT2D eigenvalue weighted by Gasteiger charge is 2.11. The number of hydrogen-bond acceptors (Lipinski definition) is 2. The van der Waals surface area contributed by atoms with Gasteiger partial charge in [-0.1, -0.05) is 81.4 Å². The first kappa shape index (κ1) is 19.3. The summed E-state index contributed by atoms with van der Waals surface area (Å²) in [5.74, 6) is 0.405. The molecule has 3 aromatic carbocycles. The van der Waals surface area contributed by atoms with Crippen molar-refractivity contribution in [1.82, 2.24) is 0 Å². The molecule has 1 N–H and O–H groups in total. The van der Waals surface area contributed by atoms with Crippen molar-refractivity contribution in [1.29, 1.82) is 0 Å². The standard InChI is InChI=1S/C24H26NOP/c1-24(2,3)25-17-20-12-7-8-14-21(20)27-22-15-9-13-19(23(22)26)16-18-10-5-4-6-11-18/h4-15,17,26-27H,16H2,1-3H3. The molecule has 0 aliphatic heterocycles. The van der Waals surface area contributed by atoms with Crippen LogP contribution in [0.25, 0.3) is 0 Å². The maximum atomic E-state index is 10.8. The fourth-order valence-electron chi connectivity index (χ4n) is 2.78. The summed E-state index contributed by atoms with van der Waals surface area (Å²) in [6.07, 6.45) is 2.69. The van der Waals surface area contributed by atoms with Gasteiger partial charge in [0.25, 0.3) is 0 Å². The van der Waals surface area contributed by atoms with Gasteiger partial charge in [0.05, 0.1) is 5.54 Å². The minimum atomic E-state index is -0.103. The fraction of sp³-hybridized carbons (Fsp3) is 0.208. The summed E-state index contributed by atoms with van der Waals surface area (Å²) in [6.45, 7) is 6.27. The Kier molecular flexibility index (Phi) is 6.08. The first-order valence-corrected chi connectivity index (χ1v) is 10.2. The Bertz CT molecular complexity index is 927. The minimum Gasteiger partial charge on any atom is -0.507 e. The van der Waals surface area contributed by atoms with E-state index in [9.17, 15) is 5.11 Å². The van der Waals surface area contributed by atoms with Crippen LogP contribution in [-0.4, -0.2) is 16.9 Å². The SMILES string of the molecule is CC(C)(C)N=Cc1ccccc1Pc1cccc(Cc2ccccc2)c1O. The zero-order valence-electron chi connectivity index (χ0n) is 16.1. The maximum Gasteiger partial charge on any atom is 0.126 e. The predicted molar refractivity (Wildman–Crippen MR) is 119 cm³/mol. The topological polar surface area (TPSA) is 32.6 Å². The number of hydrogen-bond donors (Lipinski definition) is 1. The predicted octanol–water partition coefficient (Wildman–Crippen LogP) is 4.83. The van der Waals surface area contributed by atoms with Crippen molar-refractivity contribution in [2.45, 2.75) is 32.7 Å². The Hall–Kier alpha value is -2.44. The van der Waals surface area contributed by atoms with E-state index in [4.69, 9.17) is 0 Å². The second-order valence-electron chi connectivity index (χ2n) is 7.62. The molecule has 0 bridgehead atoms. The first-order valence-electron chi connectivity index (χ1n) is 9.18. The van der Waals surface area contributed by atoms with E-state index < -0.39 is 0 Å². The van der Waals surface area contributed by atoms with Crippen LogP contribution in [-0.2, 0) is 6.42 Å². The molecule has 3 rings (SSSR count). The number of aliphatic imine (C=N–C) groups is 1. The van der Waals surface area contributed by atoms with Crippen molar-refractivity contribution in [3.05, 3.63) is 89.5 Å². The van der Waals surface area contributed by atoms with Crippen LogP contribution < -0.4 is 10.6 Å². The van der Waals surface area contributed by atoms with Crippen LogP contribution in [0, 0.1) is 0 Å². The van der Waals surface area contributed by atoms with Crippen LogP contribution in [0.2, 0.25) is 0 Å². The molecule has 0 saturated carbocycles. The average molecular weight is 375 g/mol. The summed E-state index contributed by atoms with van der Waals surface area (Å²) in [5, 5.41) is 13.0. The Morgan fingerprint density at radius 1 is 0.852 bits per heavy atom. The lowest BCUT2D eigenvalue weighted by Gasteiger charge is -2.13. The molecule has 1 unspecified atom stereocenters. The lowest BCUT2D eigenvalue weighted by molar-refractivity contribution is 0.474. The van der Waals surface area contributed by atoms with Gasteiger partial charge in [0.1, 0.15) is 5.75 Å². The number of phenols is 1. The van der Waals surface area contributed by atoms with Gasteiger partial charge in [0.15, 0.2) is 0 Å². The summed E-state index contributed by atoms with van der Waals surface area (Å²) in [4.78, 5) is 4.64. The number of nitrogens with zero attached hydrogens (tertiary/aromatic N) is 1. The molecule has 0 amide bonds. The van der Waals surface area contributed by atoms with Crippen molar-refractivity contribution in [2.24, 2.45) is 4.99 Å². The van der Waals surface area contributed by atoms with Gasteiger partial charge in [-0.2, -0.15) is 0 Å². The molecule has 0 heterocycles. The molecule has 0 aliphatic carbocycles. The van der Waals surface area contributed by atoms with Crippen molar-refractivity contribution in [2.75, 3.05) is 0 Å². The highest BCUT2D eigenvalue weighted by atomic mass is 31.1. The summed E-state index contributed by atoms with van der Waals surface area (Å²) in [7, 11) is 0.383. The first-order chi connectivity index (χ1) is 12.9. The van der Waals surface area contributed by atoms with Gasteiger partial charge in [-0.15, -0.1) is 0 Å². The van der Waals surface area contributed by atoms with Gasteiger partial charge < -0.3 is 5.11 Å². The number of benzene rings is 3. The molecular weight excluding hydrogens is 349 g/mol. The van der Waals surface area contributed by atoms with Crippen LogP contribution in [0.4, 0.5) is 0 Å². The number of phenolic OH excluding ortho intramolecular Hbond substituents is 1. The molecule has 27 heavy (non-hydrogen) atoms. The smallest absolute Gasteiger partial charge is 0.126 e. The highest BCUT2D eigenvalue weighted by molar-refractivity contribution is 7.56. The van der Waals surface area contributed by atoms with E-state index in [1.54, 1.807) is 0 Å². The van der Waals surface area contributed by atoms with E-state index in [1.165, 1.54) is 10.9 Å². The zero-order chi connectivity index (χ0) is 19.3. The van der Waals surface area contributed by atoms with Crippen LogP contribution in [0.3, 0.4) is 0 Å². The summed E-state index contributed by atoms with van der Waals surface area (Å²) < 4.78 is 0. The second kappa shape index (κ2) is 8.50. The van der Waals surface area contributed by atoms with Crippen LogP contribution in [0.1, 0.15) is 37.5 Å². The van der Waals surface area contributed by atoms with Crippen molar-refractivity contribution < 1.29 is 5.11 Å². The van der Waals surface area contributed by atoms with Gasteiger partial charge in [-0.3, -0.25) is 4.99 Å². The molecule has 0 saturated heterocycles. The third-order valence-electron chi connectivity index (χ3n) is 4.18. The average Bonchev–Trinajstić information content (AvgIpc) is 2.64. The fourth-order valence-corrected chi connectivity index (χ4v) is 4.00. The van der Waals surface area contributed by atoms with E-state index in [0.717, 1.165) is 22.9 Å². The normalized spacial score (nSPS) is 12.3. The van der Waals surface area contributed by atoms with E-state index >= 15 is 0 Å². The minimum absolute atomic E-state index is 0.103. The largest absolute Gasteiger partial charge is 0.507 e. The van der Waals surface area contributed by atoms with E-state index in [2.05, 4.69) is 50.0 Å². The summed E-state index contributed by atoms with van der Waals surface area (Å²) in [5.41, 5.74) is 3.17. The molecule has 0 spiro atoms. The lowest BCUT2D eigenvalue weighted by Crippen LogP contribution is -2.13. The summed E-state index contributed by atoms with van der Waals surface area (Å²) >= 11 is 0. The number of rotatable bonds is 5. The Labute approximate surface area is 163 Å². The van der Waals surface area contributed by atoms with Gasteiger partial charge in [0, 0.05) is 23.5 Å². The van der Waals surface area contributed by atoms with Crippen molar-refractivity contribution in [3.63, 3.8) is 0 Å². The number of para-hydroxylation sites is 1. The highest BCUT2D eigenvalue weighted by Crippen LogP contribution is 2.25. The number of aromatic hydroxyl groups is 1. The molecule has 138 valence electrons. The molecule has 0 aliphatic rings. The summed E-state index contributed by atoms with van der Waals surface area (Å²) in [6, 6.07) is 24.6. The molecule has 0 radical (unpaired) electrons. The Morgan fingerprint density at radius 3 is 2.26 bits per heavy atom. The van der Waals surface area contributed by atoms with Gasteiger partial charge in [-0.05, 0) is 37.2 Å². The maximum absolute atomic E-state index is 10.8. The Balaban J connectivity index is 1.87. The van der Waals surface area contributed by atoms with E-state index in [0.29, 0.717) is 14.3 Å². The van der Waals surface area contributed by atoms with Gasteiger partial charge >= 0.3 is 0 Å². The molecular formula is C24H26NOP. The third-order valence-corrected chi connectivity index (χ3v) is 5.58. The quantitative estimate of drug-likeness (QED) is 0.503. The zero-order valence-corrected chi connectivity index (χ0v) is 17.1. The molecule has 1 atom stereocenters. The lowest BCUT2D eigenvalue weighted by atomic mass is 10.0. The molecule has 0 fully saturated rings. The van der Waals surface area contributed by atoms with Crippen LogP contribution >= 0.6 is 8.58 Å². The molecule has 0 aromatic heterocycles. The van der Waals surface area contributed by atoms with Crippen molar-refractivity contribution >= 4 is 25.4 Å². The van der Waals surface area contributed by atoms with E-state index in [1.807, 2.05) is 54.7 Å². The van der Waals surface area contributed by atoms with Crippen LogP contribution in [0.5, 0.6) is 5.75 Å². The van der Waals surface area contributed by atoms with Crippen molar-refractivity contribution in [3.8, 4) is 5.75 Å². The third kappa shape index (κ3) is 5.52. The molecule has 3 aromatic rings. The van der Waals surface area contributed by atoms with Gasteiger partial charge in [-0.25, -0.2) is 0 Å². The molecule has 2 nitrogen and oxygen atoms in total. The van der Waals surface area contributed by atoms with Gasteiger partial charge in [0.2, 0.25) is 0 Å². The Morgan fingerprint density at radius 2 is 1.52 bits per heavy atom. The molecule has 3 heteroatoms. The second-order valence-corrected chi connectivity index (χ2v) is 8.94. The van der Waals surface area contributed by atoms with E-state index in [-0.39, 0.29) is 5.54 Å².